The standard InChI is InChI=1S/C35H39BrClN3O7/c1-4-6-12-27(42)38-19-21(3)46-34(45)28-29-32(43)40(26(20-41)22-10-8-7-9-11-22)31(35(29)18-25(36)30(28)47-35)33(44)39(17-5-2)24-15-13-23(37)14-16-24/h4-5,7-11,13-16,21,25-26,28-31,41H,1-2,6,12,17-20H2,3H3,(H,38,42)/t21-,25?,26-,28-,29+,30-,31-,35+/m1/s1. The number of carbonyl (C=O) groups is 4. The number of amides is 3. The zero-order valence-electron chi connectivity index (χ0n) is 26.1. The van der Waals surface area contributed by atoms with E-state index in [0.29, 0.717) is 22.7 Å². The molecule has 1 spiro atoms. The first kappa shape index (κ1) is 34.8. The van der Waals surface area contributed by atoms with E-state index in [9.17, 15) is 24.3 Å². The third-order valence-electron chi connectivity index (χ3n) is 9.12. The number of nitrogens with one attached hydrogen (secondary N) is 1. The lowest BCUT2D eigenvalue weighted by Gasteiger charge is -2.39. The van der Waals surface area contributed by atoms with Crippen LogP contribution in [0.15, 0.2) is 79.9 Å². The van der Waals surface area contributed by atoms with Gasteiger partial charge in [0.15, 0.2) is 0 Å². The van der Waals surface area contributed by atoms with E-state index in [0.717, 1.165) is 0 Å². The van der Waals surface area contributed by atoms with Gasteiger partial charge in [-0.05, 0) is 49.6 Å². The minimum atomic E-state index is -1.40. The number of nitrogens with zero attached hydrogens (tertiary/aromatic N) is 2. The summed E-state index contributed by atoms with van der Waals surface area (Å²) in [6.45, 7) is 8.86. The van der Waals surface area contributed by atoms with Crippen LogP contribution in [0.5, 0.6) is 0 Å². The predicted octanol–water partition coefficient (Wildman–Crippen LogP) is 4.35. The van der Waals surface area contributed by atoms with Gasteiger partial charge in [-0.2, -0.15) is 0 Å². The third-order valence-corrected chi connectivity index (χ3v) is 10.2. The molecule has 3 aliphatic rings. The van der Waals surface area contributed by atoms with E-state index in [1.807, 2.05) is 6.07 Å². The number of hydrogen-bond donors (Lipinski definition) is 2. The highest BCUT2D eigenvalue weighted by Gasteiger charge is 2.77. The molecule has 2 aromatic carbocycles. The summed E-state index contributed by atoms with van der Waals surface area (Å²) >= 11 is 9.83. The first-order valence-electron chi connectivity index (χ1n) is 15.6. The quantitative estimate of drug-likeness (QED) is 0.168. The molecule has 0 aliphatic carbocycles. The molecule has 2 N–H and O–H groups in total. The molecule has 2 bridgehead atoms. The smallest absolute Gasteiger partial charge is 0.312 e. The summed E-state index contributed by atoms with van der Waals surface area (Å²) in [5.74, 6) is -3.85. The second kappa shape index (κ2) is 14.7. The van der Waals surface area contributed by atoms with Gasteiger partial charge in [0.1, 0.15) is 17.7 Å². The number of hydrogen-bond acceptors (Lipinski definition) is 7. The van der Waals surface area contributed by atoms with Crippen molar-refractivity contribution in [3.05, 3.63) is 90.5 Å². The zero-order valence-corrected chi connectivity index (χ0v) is 28.4. The van der Waals surface area contributed by atoms with Crippen LogP contribution in [-0.2, 0) is 28.7 Å². The van der Waals surface area contributed by atoms with Gasteiger partial charge in [0.05, 0.1) is 37.1 Å². The second-order valence-corrected chi connectivity index (χ2v) is 13.7. The molecule has 0 radical (unpaired) electrons. The molecule has 3 fully saturated rings. The van der Waals surface area contributed by atoms with Crippen molar-refractivity contribution in [3.8, 4) is 0 Å². The van der Waals surface area contributed by atoms with E-state index in [-0.39, 0.29) is 36.7 Å². The van der Waals surface area contributed by atoms with Crippen molar-refractivity contribution in [3.63, 3.8) is 0 Å². The maximum absolute atomic E-state index is 14.9. The summed E-state index contributed by atoms with van der Waals surface area (Å²) in [6, 6.07) is 13.6. The van der Waals surface area contributed by atoms with Crippen molar-refractivity contribution in [2.24, 2.45) is 11.8 Å². The summed E-state index contributed by atoms with van der Waals surface area (Å²) in [7, 11) is 0. The fraction of sp³-hybridized carbons (Fsp3) is 0.429. The van der Waals surface area contributed by atoms with Gasteiger partial charge in [-0.3, -0.25) is 19.2 Å². The number of ether oxygens (including phenoxy) is 2. The van der Waals surface area contributed by atoms with Gasteiger partial charge < -0.3 is 29.7 Å². The molecule has 12 heteroatoms. The molecule has 3 saturated heterocycles. The molecule has 2 aromatic rings. The molecule has 0 saturated carbocycles. The number of benzene rings is 2. The third kappa shape index (κ3) is 6.63. The summed E-state index contributed by atoms with van der Waals surface area (Å²) in [6.07, 6.45) is 2.87. The minimum Gasteiger partial charge on any atom is -0.460 e. The van der Waals surface area contributed by atoms with E-state index < -0.39 is 66.1 Å². The fourth-order valence-corrected chi connectivity index (χ4v) is 8.17. The van der Waals surface area contributed by atoms with Gasteiger partial charge in [-0.1, -0.05) is 70.0 Å². The van der Waals surface area contributed by atoms with Crippen LogP contribution >= 0.6 is 27.5 Å². The summed E-state index contributed by atoms with van der Waals surface area (Å²) in [5.41, 5.74) is -0.230. The average molecular weight is 729 g/mol. The van der Waals surface area contributed by atoms with Gasteiger partial charge in [0.2, 0.25) is 11.8 Å². The van der Waals surface area contributed by atoms with E-state index in [1.165, 1.54) is 9.80 Å². The lowest BCUT2D eigenvalue weighted by molar-refractivity contribution is -0.159. The van der Waals surface area contributed by atoms with Gasteiger partial charge in [0, 0.05) is 28.5 Å². The van der Waals surface area contributed by atoms with Gasteiger partial charge in [-0.25, -0.2) is 0 Å². The lowest BCUT2D eigenvalue weighted by atomic mass is 9.70. The molecular formula is C35H39BrClN3O7. The molecule has 3 aliphatic heterocycles. The highest BCUT2D eigenvalue weighted by molar-refractivity contribution is 9.09. The Balaban J connectivity index is 1.52. The Morgan fingerprint density at radius 3 is 2.53 bits per heavy atom. The molecule has 1 unspecified atom stereocenters. The molecule has 3 heterocycles. The van der Waals surface area contributed by atoms with Crippen molar-refractivity contribution in [1.82, 2.24) is 10.2 Å². The van der Waals surface area contributed by atoms with Crippen molar-refractivity contribution in [2.75, 3.05) is 24.6 Å². The molecule has 8 atom stereocenters. The van der Waals surface area contributed by atoms with E-state index in [1.54, 1.807) is 67.6 Å². The molecule has 250 valence electrons. The van der Waals surface area contributed by atoms with Crippen LogP contribution in [0.1, 0.15) is 37.8 Å². The van der Waals surface area contributed by atoms with Crippen LogP contribution in [0.3, 0.4) is 0 Å². The van der Waals surface area contributed by atoms with Crippen LogP contribution in [0, 0.1) is 11.8 Å². The average Bonchev–Trinajstić information content (AvgIpc) is 3.66. The maximum atomic E-state index is 14.9. The molecular weight excluding hydrogens is 690 g/mol. The first-order valence-corrected chi connectivity index (χ1v) is 16.9. The zero-order chi connectivity index (χ0) is 33.9. The Bertz CT molecular complexity index is 1510. The van der Waals surface area contributed by atoms with Crippen LogP contribution in [0.25, 0.3) is 0 Å². The molecule has 47 heavy (non-hydrogen) atoms. The number of alkyl halides is 1. The van der Waals surface area contributed by atoms with Crippen molar-refractivity contribution in [1.29, 1.82) is 0 Å². The number of halogens is 2. The fourth-order valence-electron chi connectivity index (χ4n) is 7.10. The second-order valence-electron chi connectivity index (χ2n) is 12.1. The summed E-state index contributed by atoms with van der Waals surface area (Å²) in [5, 5.41) is 14.0. The highest BCUT2D eigenvalue weighted by Crippen LogP contribution is 2.61. The number of allylic oxidation sites excluding steroid dienone is 1. The SMILES string of the molecule is C=CCCC(=O)NC[C@@H](C)OC(=O)[C@H]1[C@@H]2O[C@@]3(CC2Br)[C@@H]1C(=O)N([C@H](CO)c1ccccc1)[C@@H]3C(=O)N(CC=C)c1ccc(Cl)cc1. The van der Waals surface area contributed by atoms with Crippen LogP contribution < -0.4 is 10.2 Å². The Morgan fingerprint density at radius 1 is 1.19 bits per heavy atom. The first-order chi connectivity index (χ1) is 22.6. The Labute approximate surface area is 287 Å². The number of carbonyl (C=O) groups excluding carboxylic acids is 4. The summed E-state index contributed by atoms with van der Waals surface area (Å²) < 4.78 is 12.4. The van der Waals surface area contributed by atoms with E-state index in [2.05, 4.69) is 34.4 Å². The topological polar surface area (TPSA) is 125 Å². The summed E-state index contributed by atoms with van der Waals surface area (Å²) in [4.78, 5) is 58.1. The Morgan fingerprint density at radius 2 is 1.89 bits per heavy atom. The predicted molar refractivity (Wildman–Crippen MR) is 181 cm³/mol. The van der Waals surface area contributed by atoms with Crippen LogP contribution in [-0.4, -0.2) is 82.1 Å². The number of rotatable bonds is 14. The molecule has 5 rings (SSSR count). The molecule has 0 aromatic heterocycles. The molecule has 3 amide bonds. The maximum Gasteiger partial charge on any atom is 0.312 e. The lowest BCUT2D eigenvalue weighted by Crippen LogP contribution is -2.57. The number of aliphatic hydroxyl groups excluding tert-OH is 1. The van der Waals surface area contributed by atoms with Gasteiger partial charge in [-0.15, -0.1) is 13.2 Å². The van der Waals surface area contributed by atoms with Crippen molar-refractivity contribution in [2.45, 2.75) is 60.9 Å². The largest absolute Gasteiger partial charge is 0.460 e. The van der Waals surface area contributed by atoms with Crippen LogP contribution in [0.2, 0.25) is 5.02 Å². The molecule has 10 nitrogen and oxygen atoms in total. The Kier molecular flexibility index (Phi) is 10.9. The highest BCUT2D eigenvalue weighted by atomic mass is 79.9. The van der Waals surface area contributed by atoms with Gasteiger partial charge in [0.25, 0.3) is 5.91 Å². The number of likely N-dealkylation sites (tertiary alicyclic amines) is 1. The minimum absolute atomic E-state index is 0.0902. The normalized spacial score (nSPS) is 27.1. The number of fused-ring (bicyclic) bond motifs is 1. The number of esters is 1. The van der Waals surface area contributed by atoms with Crippen LogP contribution in [0.4, 0.5) is 5.69 Å². The van der Waals surface area contributed by atoms with E-state index in [4.69, 9.17) is 21.1 Å². The van der Waals surface area contributed by atoms with Gasteiger partial charge >= 0.3 is 5.97 Å². The van der Waals surface area contributed by atoms with Crippen molar-refractivity contribution < 1.29 is 33.8 Å². The monoisotopic (exact) mass is 727 g/mol. The Hall–Kier alpha value is -3.51. The van der Waals surface area contributed by atoms with E-state index >= 15 is 0 Å². The number of aliphatic hydroxyl groups is 1. The van der Waals surface area contributed by atoms with Crippen molar-refractivity contribution >= 4 is 56.9 Å². The number of anilines is 1.